The van der Waals surface area contributed by atoms with Crippen molar-refractivity contribution in [3.8, 4) is 11.5 Å². The van der Waals surface area contributed by atoms with E-state index in [1.165, 1.54) is 0 Å². The predicted molar refractivity (Wildman–Crippen MR) is 130 cm³/mol. The Morgan fingerprint density at radius 3 is 2.45 bits per heavy atom. The topological polar surface area (TPSA) is 76.7 Å². The zero-order chi connectivity index (χ0) is 23.5. The third-order valence-corrected chi connectivity index (χ3v) is 4.95. The molecular formula is C27H28N2O4. The second-order valence-electron chi connectivity index (χ2n) is 7.35. The Balaban J connectivity index is 1.57. The first-order valence-corrected chi connectivity index (χ1v) is 10.7. The van der Waals surface area contributed by atoms with Gasteiger partial charge in [0, 0.05) is 6.54 Å². The molecule has 170 valence electrons. The van der Waals surface area contributed by atoms with E-state index in [9.17, 15) is 9.59 Å². The number of benzene rings is 3. The lowest BCUT2D eigenvalue weighted by atomic mass is 10.1. The van der Waals surface area contributed by atoms with Crippen LogP contribution < -0.4 is 20.1 Å². The highest BCUT2D eigenvalue weighted by Gasteiger charge is 2.14. The van der Waals surface area contributed by atoms with Gasteiger partial charge in [-0.3, -0.25) is 9.59 Å². The molecule has 0 aliphatic heterocycles. The molecule has 0 aliphatic carbocycles. The third kappa shape index (κ3) is 6.97. The summed E-state index contributed by atoms with van der Waals surface area (Å²) in [7, 11) is 1.55. The molecule has 2 amide bonds. The SMILES string of the molecule is C=CCc1ccc(OCC(=O)Nc2ccccc2C(=O)NCCc2ccccc2)c(OC)c1. The summed E-state index contributed by atoms with van der Waals surface area (Å²) in [6, 6.07) is 22.3. The number of para-hydroxylation sites is 1. The van der Waals surface area contributed by atoms with Crippen LogP contribution in [0.5, 0.6) is 11.5 Å². The van der Waals surface area contributed by atoms with Gasteiger partial charge in [-0.05, 0) is 48.2 Å². The Kier molecular flexibility index (Phi) is 8.65. The number of carbonyl (C=O) groups excluding carboxylic acids is 2. The van der Waals surface area contributed by atoms with E-state index in [1.807, 2.05) is 42.5 Å². The number of carbonyl (C=O) groups is 2. The number of hydrogen-bond acceptors (Lipinski definition) is 4. The summed E-state index contributed by atoms with van der Waals surface area (Å²) < 4.78 is 11.0. The van der Waals surface area contributed by atoms with E-state index in [0.29, 0.717) is 35.7 Å². The van der Waals surface area contributed by atoms with Crippen molar-refractivity contribution in [2.24, 2.45) is 0 Å². The molecular weight excluding hydrogens is 416 g/mol. The molecule has 6 heteroatoms. The molecule has 0 bridgehead atoms. The molecule has 0 saturated heterocycles. The fraction of sp³-hybridized carbons (Fsp3) is 0.185. The molecule has 0 heterocycles. The Morgan fingerprint density at radius 2 is 1.70 bits per heavy atom. The maximum Gasteiger partial charge on any atom is 0.262 e. The van der Waals surface area contributed by atoms with Crippen molar-refractivity contribution >= 4 is 17.5 Å². The zero-order valence-electron chi connectivity index (χ0n) is 18.7. The molecule has 0 spiro atoms. The normalized spacial score (nSPS) is 10.2. The van der Waals surface area contributed by atoms with Gasteiger partial charge in [-0.1, -0.05) is 54.6 Å². The van der Waals surface area contributed by atoms with Crippen LogP contribution in [-0.2, 0) is 17.6 Å². The van der Waals surface area contributed by atoms with Gasteiger partial charge in [0.05, 0.1) is 18.4 Å². The standard InChI is InChI=1S/C27H28N2O4/c1-3-9-21-14-15-24(25(18-21)32-2)33-19-26(30)29-23-13-8-7-12-22(23)27(31)28-17-16-20-10-5-4-6-11-20/h3-8,10-15,18H,1,9,16-17,19H2,2H3,(H,28,31)(H,29,30). The van der Waals surface area contributed by atoms with E-state index in [4.69, 9.17) is 9.47 Å². The van der Waals surface area contributed by atoms with E-state index < -0.39 is 0 Å². The van der Waals surface area contributed by atoms with Gasteiger partial charge >= 0.3 is 0 Å². The molecule has 2 N–H and O–H groups in total. The minimum absolute atomic E-state index is 0.221. The molecule has 3 aromatic carbocycles. The summed E-state index contributed by atoms with van der Waals surface area (Å²) in [6.07, 6.45) is 3.24. The number of ether oxygens (including phenoxy) is 2. The molecule has 0 fully saturated rings. The van der Waals surface area contributed by atoms with Crippen molar-refractivity contribution in [3.05, 3.63) is 102 Å². The van der Waals surface area contributed by atoms with Crippen molar-refractivity contribution in [1.82, 2.24) is 5.32 Å². The largest absolute Gasteiger partial charge is 0.493 e. The Bertz CT molecular complexity index is 1100. The Morgan fingerprint density at radius 1 is 0.939 bits per heavy atom. The molecule has 0 radical (unpaired) electrons. The molecule has 3 aromatic rings. The van der Waals surface area contributed by atoms with E-state index >= 15 is 0 Å². The van der Waals surface area contributed by atoms with E-state index in [1.54, 1.807) is 43.5 Å². The predicted octanol–water partition coefficient (Wildman–Crippen LogP) is 4.41. The number of anilines is 1. The lowest BCUT2D eigenvalue weighted by Gasteiger charge is -2.14. The van der Waals surface area contributed by atoms with Gasteiger partial charge in [0.1, 0.15) is 0 Å². The van der Waals surface area contributed by atoms with Gasteiger partial charge in [-0.2, -0.15) is 0 Å². The van der Waals surface area contributed by atoms with Crippen molar-refractivity contribution < 1.29 is 19.1 Å². The maximum atomic E-state index is 12.7. The number of methoxy groups -OCH3 is 1. The smallest absolute Gasteiger partial charge is 0.262 e. The van der Waals surface area contributed by atoms with E-state index in [2.05, 4.69) is 17.2 Å². The number of amides is 2. The summed E-state index contributed by atoms with van der Waals surface area (Å²) in [5, 5.41) is 5.66. The molecule has 0 saturated carbocycles. The number of rotatable bonds is 11. The van der Waals surface area contributed by atoms with Crippen LogP contribution in [0.25, 0.3) is 0 Å². The summed E-state index contributed by atoms with van der Waals surface area (Å²) in [4.78, 5) is 25.2. The highest BCUT2D eigenvalue weighted by Crippen LogP contribution is 2.28. The molecule has 33 heavy (non-hydrogen) atoms. The van der Waals surface area contributed by atoms with Gasteiger partial charge in [0.25, 0.3) is 11.8 Å². The fourth-order valence-corrected chi connectivity index (χ4v) is 3.30. The van der Waals surface area contributed by atoms with E-state index in [0.717, 1.165) is 17.5 Å². The first-order valence-electron chi connectivity index (χ1n) is 10.7. The minimum Gasteiger partial charge on any atom is -0.493 e. The van der Waals surface area contributed by atoms with Crippen molar-refractivity contribution in [3.63, 3.8) is 0 Å². The highest BCUT2D eigenvalue weighted by molar-refractivity contribution is 6.04. The zero-order valence-corrected chi connectivity index (χ0v) is 18.7. The fourth-order valence-electron chi connectivity index (χ4n) is 3.30. The average molecular weight is 445 g/mol. The molecule has 0 unspecified atom stereocenters. The van der Waals surface area contributed by atoms with Crippen LogP contribution in [0.1, 0.15) is 21.5 Å². The monoisotopic (exact) mass is 444 g/mol. The minimum atomic E-state index is -0.378. The lowest BCUT2D eigenvalue weighted by molar-refractivity contribution is -0.118. The molecule has 0 aromatic heterocycles. The summed E-state index contributed by atoms with van der Waals surface area (Å²) in [5.74, 6) is 0.381. The van der Waals surface area contributed by atoms with Gasteiger partial charge in [0.2, 0.25) is 0 Å². The molecule has 6 nitrogen and oxygen atoms in total. The van der Waals surface area contributed by atoms with Gasteiger partial charge < -0.3 is 20.1 Å². The van der Waals surface area contributed by atoms with Crippen LogP contribution in [0.15, 0.2) is 85.5 Å². The number of nitrogens with one attached hydrogen (secondary N) is 2. The third-order valence-electron chi connectivity index (χ3n) is 4.95. The average Bonchev–Trinajstić information content (AvgIpc) is 2.84. The summed E-state index contributed by atoms with van der Waals surface area (Å²) in [6.45, 7) is 4.00. The van der Waals surface area contributed by atoms with Crippen LogP contribution in [-0.4, -0.2) is 32.1 Å². The van der Waals surface area contributed by atoms with Crippen LogP contribution in [0.4, 0.5) is 5.69 Å². The second-order valence-corrected chi connectivity index (χ2v) is 7.35. The highest BCUT2D eigenvalue weighted by atomic mass is 16.5. The summed E-state index contributed by atoms with van der Waals surface area (Å²) >= 11 is 0. The molecule has 3 rings (SSSR count). The Labute approximate surface area is 194 Å². The van der Waals surface area contributed by atoms with Gasteiger partial charge in [-0.25, -0.2) is 0 Å². The number of hydrogen-bond donors (Lipinski definition) is 2. The van der Waals surface area contributed by atoms with E-state index in [-0.39, 0.29) is 18.4 Å². The van der Waals surface area contributed by atoms with Crippen LogP contribution in [0.3, 0.4) is 0 Å². The first-order chi connectivity index (χ1) is 16.1. The maximum absolute atomic E-state index is 12.7. The molecule has 0 aliphatic rings. The lowest BCUT2D eigenvalue weighted by Crippen LogP contribution is -2.28. The van der Waals surface area contributed by atoms with Gasteiger partial charge in [0.15, 0.2) is 18.1 Å². The van der Waals surface area contributed by atoms with Crippen LogP contribution >= 0.6 is 0 Å². The van der Waals surface area contributed by atoms with Crippen molar-refractivity contribution in [1.29, 1.82) is 0 Å². The first kappa shape index (κ1) is 23.6. The Hall–Kier alpha value is -4.06. The van der Waals surface area contributed by atoms with Crippen molar-refractivity contribution in [2.75, 3.05) is 25.6 Å². The van der Waals surface area contributed by atoms with Crippen LogP contribution in [0.2, 0.25) is 0 Å². The second kappa shape index (κ2) is 12.1. The van der Waals surface area contributed by atoms with Crippen molar-refractivity contribution in [2.45, 2.75) is 12.8 Å². The summed E-state index contributed by atoms with van der Waals surface area (Å²) in [5.41, 5.74) is 3.00. The quantitative estimate of drug-likeness (QED) is 0.430. The number of allylic oxidation sites excluding steroid dienone is 1. The molecule has 0 atom stereocenters. The van der Waals surface area contributed by atoms with Gasteiger partial charge in [-0.15, -0.1) is 6.58 Å². The van der Waals surface area contributed by atoms with Crippen LogP contribution in [0, 0.1) is 0 Å².